The second-order valence-electron chi connectivity index (χ2n) is 3.88. The molecule has 1 heteroatoms. The minimum absolute atomic E-state index is 0.144. The van der Waals surface area contributed by atoms with Crippen molar-refractivity contribution in [1.29, 1.82) is 0 Å². The number of rotatable bonds is 3. The minimum atomic E-state index is 0.144. The molecular formula is C12H15N. The quantitative estimate of drug-likeness (QED) is 0.747. The van der Waals surface area contributed by atoms with Gasteiger partial charge in [0, 0.05) is 5.54 Å². The molecule has 1 aliphatic carbocycles. The Balaban J connectivity index is 1.91. The molecule has 0 radical (unpaired) electrons. The molecule has 0 aliphatic heterocycles. The van der Waals surface area contributed by atoms with Crippen LogP contribution in [0.1, 0.15) is 24.8 Å². The first-order valence-electron chi connectivity index (χ1n) is 4.79. The van der Waals surface area contributed by atoms with Gasteiger partial charge >= 0.3 is 0 Å². The maximum atomic E-state index is 5.96. The van der Waals surface area contributed by atoms with Crippen LogP contribution in [0, 0.1) is 0 Å². The molecule has 0 saturated heterocycles. The molecule has 1 fully saturated rings. The van der Waals surface area contributed by atoms with Crippen LogP contribution in [0.2, 0.25) is 0 Å². The van der Waals surface area contributed by atoms with Crippen molar-refractivity contribution >= 4 is 6.08 Å². The molecule has 0 heterocycles. The molecule has 0 amide bonds. The first-order chi connectivity index (χ1) is 6.29. The van der Waals surface area contributed by atoms with E-state index in [-0.39, 0.29) is 5.54 Å². The van der Waals surface area contributed by atoms with Gasteiger partial charge in [0.25, 0.3) is 0 Å². The average molecular weight is 173 g/mol. The topological polar surface area (TPSA) is 26.0 Å². The molecular weight excluding hydrogens is 158 g/mol. The summed E-state index contributed by atoms with van der Waals surface area (Å²) in [6.07, 6.45) is 7.72. The summed E-state index contributed by atoms with van der Waals surface area (Å²) in [5, 5.41) is 0. The van der Waals surface area contributed by atoms with Crippen LogP contribution in [0.15, 0.2) is 36.4 Å². The van der Waals surface area contributed by atoms with Crippen molar-refractivity contribution in [1.82, 2.24) is 0 Å². The summed E-state index contributed by atoms with van der Waals surface area (Å²) in [5.41, 5.74) is 7.36. The Kier molecular flexibility index (Phi) is 2.19. The molecule has 0 aromatic heterocycles. The summed E-state index contributed by atoms with van der Waals surface area (Å²) in [5.74, 6) is 0. The Labute approximate surface area is 79.3 Å². The summed E-state index contributed by atoms with van der Waals surface area (Å²) >= 11 is 0. The Hall–Kier alpha value is -1.08. The van der Waals surface area contributed by atoms with Crippen molar-refractivity contribution in [2.45, 2.75) is 24.8 Å². The Morgan fingerprint density at radius 2 is 1.92 bits per heavy atom. The Bertz CT molecular complexity index is 296. The minimum Gasteiger partial charge on any atom is -0.325 e. The van der Waals surface area contributed by atoms with E-state index >= 15 is 0 Å². The summed E-state index contributed by atoms with van der Waals surface area (Å²) in [6, 6.07) is 10.3. The number of benzene rings is 1. The van der Waals surface area contributed by atoms with Crippen LogP contribution in [0.3, 0.4) is 0 Å². The van der Waals surface area contributed by atoms with Crippen molar-refractivity contribution in [2.24, 2.45) is 5.73 Å². The van der Waals surface area contributed by atoms with Crippen molar-refractivity contribution in [3.8, 4) is 0 Å². The van der Waals surface area contributed by atoms with E-state index in [2.05, 4.69) is 36.4 Å². The standard InChI is InChI=1S/C12H15N/c13-12(9-10-12)8-4-7-11-5-2-1-3-6-11/h1-7H,8-10,13H2/b7-4+. The van der Waals surface area contributed by atoms with Gasteiger partial charge in [0.2, 0.25) is 0 Å². The third kappa shape index (κ3) is 2.43. The van der Waals surface area contributed by atoms with E-state index in [4.69, 9.17) is 5.73 Å². The molecule has 1 aromatic carbocycles. The zero-order chi connectivity index (χ0) is 9.15. The third-order valence-corrected chi connectivity index (χ3v) is 2.53. The van der Waals surface area contributed by atoms with Crippen LogP contribution in [0.25, 0.3) is 6.08 Å². The van der Waals surface area contributed by atoms with Gasteiger partial charge < -0.3 is 5.73 Å². The fourth-order valence-corrected chi connectivity index (χ4v) is 1.36. The number of hydrogen-bond acceptors (Lipinski definition) is 1. The molecule has 0 bridgehead atoms. The van der Waals surface area contributed by atoms with E-state index in [1.807, 2.05) is 6.07 Å². The van der Waals surface area contributed by atoms with E-state index in [9.17, 15) is 0 Å². The zero-order valence-corrected chi connectivity index (χ0v) is 7.74. The van der Waals surface area contributed by atoms with Crippen LogP contribution in [-0.2, 0) is 0 Å². The van der Waals surface area contributed by atoms with Gasteiger partial charge in [-0.15, -0.1) is 0 Å². The SMILES string of the molecule is NC1(C/C=C/c2ccccc2)CC1. The van der Waals surface area contributed by atoms with Crippen LogP contribution in [0.5, 0.6) is 0 Å². The smallest absolute Gasteiger partial charge is 0.0190 e. The first kappa shape index (κ1) is 8.52. The number of nitrogens with two attached hydrogens (primary N) is 1. The van der Waals surface area contributed by atoms with Crippen molar-refractivity contribution < 1.29 is 0 Å². The fraction of sp³-hybridized carbons (Fsp3) is 0.333. The fourth-order valence-electron chi connectivity index (χ4n) is 1.36. The molecule has 2 rings (SSSR count). The summed E-state index contributed by atoms with van der Waals surface area (Å²) in [4.78, 5) is 0. The van der Waals surface area contributed by atoms with Crippen molar-refractivity contribution in [3.05, 3.63) is 42.0 Å². The highest BCUT2D eigenvalue weighted by atomic mass is 14.8. The zero-order valence-electron chi connectivity index (χ0n) is 7.74. The van der Waals surface area contributed by atoms with Crippen molar-refractivity contribution in [2.75, 3.05) is 0 Å². The second kappa shape index (κ2) is 3.35. The maximum absolute atomic E-state index is 5.96. The third-order valence-electron chi connectivity index (χ3n) is 2.53. The summed E-state index contributed by atoms with van der Waals surface area (Å²) in [6.45, 7) is 0. The molecule has 1 nitrogen and oxygen atoms in total. The predicted octanol–water partition coefficient (Wildman–Crippen LogP) is 2.58. The largest absolute Gasteiger partial charge is 0.325 e. The predicted molar refractivity (Wildman–Crippen MR) is 56.2 cm³/mol. The van der Waals surface area contributed by atoms with E-state index < -0.39 is 0 Å². The molecule has 0 atom stereocenters. The van der Waals surface area contributed by atoms with Gasteiger partial charge in [0.1, 0.15) is 0 Å². The molecule has 2 N–H and O–H groups in total. The van der Waals surface area contributed by atoms with Gasteiger partial charge in [0.15, 0.2) is 0 Å². The highest BCUT2D eigenvalue weighted by molar-refractivity contribution is 5.48. The van der Waals surface area contributed by atoms with Crippen LogP contribution in [0.4, 0.5) is 0 Å². The van der Waals surface area contributed by atoms with E-state index in [0.717, 1.165) is 6.42 Å². The van der Waals surface area contributed by atoms with Gasteiger partial charge in [0.05, 0.1) is 0 Å². The lowest BCUT2D eigenvalue weighted by Crippen LogP contribution is -2.19. The van der Waals surface area contributed by atoms with E-state index in [0.29, 0.717) is 0 Å². The summed E-state index contributed by atoms with van der Waals surface area (Å²) in [7, 11) is 0. The van der Waals surface area contributed by atoms with Crippen LogP contribution in [-0.4, -0.2) is 5.54 Å². The lowest BCUT2D eigenvalue weighted by molar-refractivity contribution is 0.690. The monoisotopic (exact) mass is 173 g/mol. The van der Waals surface area contributed by atoms with Crippen molar-refractivity contribution in [3.63, 3.8) is 0 Å². The maximum Gasteiger partial charge on any atom is 0.0190 e. The molecule has 0 spiro atoms. The molecule has 1 saturated carbocycles. The molecule has 1 aliphatic rings. The molecule has 13 heavy (non-hydrogen) atoms. The van der Waals surface area contributed by atoms with Gasteiger partial charge in [-0.3, -0.25) is 0 Å². The Morgan fingerprint density at radius 1 is 1.23 bits per heavy atom. The molecule has 1 aromatic rings. The second-order valence-corrected chi connectivity index (χ2v) is 3.88. The van der Waals surface area contributed by atoms with E-state index in [1.165, 1.54) is 18.4 Å². The van der Waals surface area contributed by atoms with Gasteiger partial charge in [-0.25, -0.2) is 0 Å². The highest BCUT2D eigenvalue weighted by Gasteiger charge is 2.36. The van der Waals surface area contributed by atoms with Crippen LogP contribution >= 0.6 is 0 Å². The van der Waals surface area contributed by atoms with Crippen LogP contribution < -0.4 is 5.73 Å². The first-order valence-corrected chi connectivity index (χ1v) is 4.79. The molecule has 0 unspecified atom stereocenters. The lowest BCUT2D eigenvalue weighted by Gasteiger charge is -2.01. The highest BCUT2D eigenvalue weighted by Crippen LogP contribution is 2.35. The van der Waals surface area contributed by atoms with Gasteiger partial charge in [-0.2, -0.15) is 0 Å². The normalized spacial score (nSPS) is 19.2. The van der Waals surface area contributed by atoms with E-state index in [1.54, 1.807) is 0 Å². The summed E-state index contributed by atoms with van der Waals surface area (Å²) < 4.78 is 0. The lowest BCUT2D eigenvalue weighted by atomic mass is 10.1. The number of hydrogen-bond donors (Lipinski definition) is 1. The average Bonchev–Trinajstić information content (AvgIpc) is 2.86. The van der Waals surface area contributed by atoms with Gasteiger partial charge in [-0.1, -0.05) is 42.5 Å². The molecule has 68 valence electrons. The van der Waals surface area contributed by atoms with Gasteiger partial charge in [-0.05, 0) is 24.8 Å². The Morgan fingerprint density at radius 3 is 2.54 bits per heavy atom.